The summed E-state index contributed by atoms with van der Waals surface area (Å²) in [6, 6.07) is 20.7. The highest BCUT2D eigenvalue weighted by molar-refractivity contribution is 6.04. The topological polar surface area (TPSA) is 109 Å². The first-order valence-corrected chi connectivity index (χ1v) is 11.3. The Hall–Kier alpha value is -4.60. The molecule has 10 nitrogen and oxygen atoms in total. The summed E-state index contributed by atoms with van der Waals surface area (Å²) in [6.07, 6.45) is 3.14. The van der Waals surface area contributed by atoms with Crippen LogP contribution in [-0.4, -0.2) is 68.1 Å². The maximum absolute atomic E-state index is 12.8. The number of pyridine rings is 1. The minimum atomic E-state index is -0.237. The van der Waals surface area contributed by atoms with Crippen LogP contribution in [0.3, 0.4) is 0 Å². The van der Waals surface area contributed by atoms with Crippen LogP contribution >= 0.6 is 0 Å². The summed E-state index contributed by atoms with van der Waals surface area (Å²) >= 11 is 0. The van der Waals surface area contributed by atoms with Crippen LogP contribution in [0.2, 0.25) is 0 Å². The summed E-state index contributed by atoms with van der Waals surface area (Å²) < 4.78 is 0. The molecule has 4 aromatic rings. The average molecular weight is 469 g/mol. The van der Waals surface area contributed by atoms with Crippen LogP contribution in [-0.2, 0) is 11.3 Å². The number of carbonyl (C=O) groups is 2. The van der Waals surface area contributed by atoms with E-state index in [1.165, 1.54) is 10.5 Å². The summed E-state index contributed by atoms with van der Waals surface area (Å²) in [7, 11) is 0. The van der Waals surface area contributed by atoms with Crippen LogP contribution in [0, 0.1) is 0 Å². The van der Waals surface area contributed by atoms with Gasteiger partial charge in [-0.25, -0.2) is 0 Å². The summed E-state index contributed by atoms with van der Waals surface area (Å²) in [5, 5.41) is 15.4. The van der Waals surface area contributed by atoms with Crippen molar-refractivity contribution in [3.05, 3.63) is 84.7 Å². The lowest BCUT2D eigenvalue weighted by atomic mass is 10.2. The van der Waals surface area contributed by atoms with Crippen molar-refractivity contribution in [1.29, 1.82) is 0 Å². The van der Waals surface area contributed by atoms with E-state index in [0.29, 0.717) is 35.7 Å². The molecule has 0 aliphatic carbocycles. The number of nitrogens with one attached hydrogen (secondary N) is 1. The van der Waals surface area contributed by atoms with E-state index in [-0.39, 0.29) is 18.4 Å². The van der Waals surface area contributed by atoms with Gasteiger partial charge in [0.1, 0.15) is 6.54 Å². The van der Waals surface area contributed by atoms with Crippen molar-refractivity contribution in [2.24, 2.45) is 0 Å². The smallest absolute Gasteiger partial charge is 0.255 e. The number of rotatable bonds is 6. The maximum Gasteiger partial charge on any atom is 0.255 e. The van der Waals surface area contributed by atoms with Crippen molar-refractivity contribution in [2.45, 2.75) is 6.54 Å². The zero-order valence-corrected chi connectivity index (χ0v) is 19.0. The van der Waals surface area contributed by atoms with Gasteiger partial charge in [-0.1, -0.05) is 30.3 Å². The van der Waals surface area contributed by atoms with Crippen molar-refractivity contribution in [1.82, 2.24) is 30.1 Å². The van der Waals surface area contributed by atoms with Gasteiger partial charge in [0, 0.05) is 61.1 Å². The minimum Gasteiger partial charge on any atom is -0.368 e. The molecule has 0 bridgehead atoms. The Morgan fingerprint density at radius 2 is 1.66 bits per heavy atom. The normalized spacial score (nSPS) is 13.5. The third kappa shape index (κ3) is 5.32. The highest BCUT2D eigenvalue weighted by atomic mass is 16.2. The summed E-state index contributed by atoms with van der Waals surface area (Å²) in [5.41, 5.74) is 2.97. The van der Waals surface area contributed by atoms with Crippen molar-refractivity contribution < 1.29 is 9.59 Å². The number of hydrogen-bond donors (Lipinski definition) is 1. The standard InChI is InChI=1S/C25H24N8O2/c34-23(32-15-13-31(14-16-32)22-7-2-1-3-8-22)18-33-29-24(28-30-33)20-5-4-6-21(17-20)27-25(35)19-9-11-26-12-10-19/h1-12,17H,13-16,18H2,(H,27,35). The van der Waals surface area contributed by atoms with Crippen LogP contribution in [0.5, 0.6) is 0 Å². The fourth-order valence-electron chi connectivity index (χ4n) is 3.94. The number of tetrazole rings is 1. The SMILES string of the molecule is O=C(Nc1cccc(-c2nnn(CC(=O)N3CCN(c4ccccc4)CC3)n2)c1)c1ccncc1. The summed E-state index contributed by atoms with van der Waals surface area (Å²) in [6.45, 7) is 2.88. The number of amides is 2. The second kappa shape index (κ2) is 10.1. The van der Waals surface area contributed by atoms with Gasteiger partial charge in [0.2, 0.25) is 11.7 Å². The Bertz CT molecular complexity index is 1300. The van der Waals surface area contributed by atoms with Gasteiger partial charge in [-0.3, -0.25) is 14.6 Å². The van der Waals surface area contributed by atoms with Crippen LogP contribution in [0.1, 0.15) is 10.4 Å². The van der Waals surface area contributed by atoms with E-state index in [0.717, 1.165) is 13.1 Å². The quantitative estimate of drug-likeness (QED) is 0.463. The predicted molar refractivity (Wildman–Crippen MR) is 131 cm³/mol. The molecule has 2 aromatic heterocycles. The second-order valence-electron chi connectivity index (χ2n) is 8.12. The van der Waals surface area contributed by atoms with Crippen LogP contribution in [0.4, 0.5) is 11.4 Å². The number of nitrogens with zero attached hydrogens (tertiary/aromatic N) is 7. The van der Waals surface area contributed by atoms with Crippen LogP contribution in [0.15, 0.2) is 79.1 Å². The second-order valence-corrected chi connectivity index (χ2v) is 8.12. The molecule has 1 N–H and O–H groups in total. The summed E-state index contributed by atoms with van der Waals surface area (Å²) in [4.78, 5) is 34.5. The fraction of sp³-hybridized carbons (Fsp3) is 0.200. The Kier molecular flexibility index (Phi) is 6.42. The molecule has 1 aliphatic heterocycles. The third-order valence-corrected chi connectivity index (χ3v) is 5.80. The van der Waals surface area contributed by atoms with E-state index in [2.05, 4.69) is 42.7 Å². The molecular formula is C25H24N8O2. The molecule has 10 heteroatoms. The molecule has 1 saturated heterocycles. The lowest BCUT2D eigenvalue weighted by Gasteiger charge is -2.36. The first-order valence-electron chi connectivity index (χ1n) is 11.3. The molecule has 0 radical (unpaired) electrons. The first-order chi connectivity index (χ1) is 17.2. The number of aromatic nitrogens is 5. The lowest BCUT2D eigenvalue weighted by Crippen LogP contribution is -2.49. The molecule has 0 atom stereocenters. The molecule has 2 amide bonds. The van der Waals surface area contributed by atoms with E-state index < -0.39 is 0 Å². The molecular weight excluding hydrogens is 444 g/mol. The van der Waals surface area contributed by atoms with Gasteiger partial charge < -0.3 is 15.1 Å². The zero-order valence-electron chi connectivity index (χ0n) is 19.0. The van der Waals surface area contributed by atoms with Gasteiger partial charge in [-0.2, -0.15) is 4.80 Å². The fourth-order valence-corrected chi connectivity index (χ4v) is 3.94. The lowest BCUT2D eigenvalue weighted by molar-refractivity contribution is -0.132. The average Bonchev–Trinajstić information content (AvgIpc) is 3.38. The molecule has 2 aromatic carbocycles. The van der Waals surface area contributed by atoms with E-state index in [9.17, 15) is 9.59 Å². The highest BCUT2D eigenvalue weighted by Crippen LogP contribution is 2.20. The minimum absolute atomic E-state index is 0.0246. The van der Waals surface area contributed by atoms with Gasteiger partial charge in [0.15, 0.2) is 0 Å². The zero-order chi connectivity index (χ0) is 24.0. The van der Waals surface area contributed by atoms with E-state index in [1.54, 1.807) is 42.7 Å². The Balaban J connectivity index is 1.18. The molecule has 5 rings (SSSR count). The molecule has 0 unspecified atom stereocenters. The number of hydrogen-bond acceptors (Lipinski definition) is 7. The monoisotopic (exact) mass is 468 g/mol. The molecule has 35 heavy (non-hydrogen) atoms. The van der Waals surface area contributed by atoms with Gasteiger partial charge in [-0.15, -0.1) is 10.2 Å². The number of para-hydroxylation sites is 1. The molecule has 3 heterocycles. The van der Waals surface area contributed by atoms with Gasteiger partial charge in [0.25, 0.3) is 5.91 Å². The van der Waals surface area contributed by atoms with E-state index in [1.807, 2.05) is 29.2 Å². The third-order valence-electron chi connectivity index (χ3n) is 5.80. The number of benzene rings is 2. The van der Waals surface area contributed by atoms with Gasteiger partial charge in [-0.05, 0) is 41.6 Å². The van der Waals surface area contributed by atoms with E-state index >= 15 is 0 Å². The number of piperazine rings is 1. The van der Waals surface area contributed by atoms with E-state index in [4.69, 9.17) is 0 Å². The number of carbonyl (C=O) groups excluding carboxylic acids is 2. The maximum atomic E-state index is 12.8. The highest BCUT2D eigenvalue weighted by Gasteiger charge is 2.22. The van der Waals surface area contributed by atoms with Crippen molar-refractivity contribution >= 4 is 23.2 Å². The van der Waals surface area contributed by atoms with Crippen LogP contribution in [0.25, 0.3) is 11.4 Å². The number of anilines is 2. The summed E-state index contributed by atoms with van der Waals surface area (Å²) in [5.74, 6) is 0.103. The van der Waals surface area contributed by atoms with Crippen LogP contribution < -0.4 is 10.2 Å². The largest absolute Gasteiger partial charge is 0.368 e. The Morgan fingerprint density at radius 1 is 0.886 bits per heavy atom. The molecule has 0 saturated carbocycles. The Morgan fingerprint density at radius 3 is 2.43 bits per heavy atom. The van der Waals surface area contributed by atoms with Crippen molar-refractivity contribution in [2.75, 3.05) is 36.4 Å². The van der Waals surface area contributed by atoms with Gasteiger partial charge >= 0.3 is 0 Å². The van der Waals surface area contributed by atoms with Crippen molar-refractivity contribution in [3.8, 4) is 11.4 Å². The van der Waals surface area contributed by atoms with Crippen molar-refractivity contribution in [3.63, 3.8) is 0 Å². The molecule has 1 aliphatic rings. The molecule has 1 fully saturated rings. The molecule has 0 spiro atoms. The Labute approximate surface area is 202 Å². The van der Waals surface area contributed by atoms with Gasteiger partial charge in [0.05, 0.1) is 0 Å². The first kappa shape index (κ1) is 22.2. The predicted octanol–water partition coefficient (Wildman–Crippen LogP) is 2.34. The molecule has 176 valence electrons.